The van der Waals surface area contributed by atoms with E-state index in [0.717, 1.165) is 11.1 Å². The van der Waals surface area contributed by atoms with E-state index in [1.165, 1.54) is 11.8 Å². The molecule has 0 atom stereocenters. The third kappa shape index (κ3) is 4.06. The summed E-state index contributed by atoms with van der Waals surface area (Å²) in [5.41, 5.74) is 3.40. The van der Waals surface area contributed by atoms with Crippen molar-refractivity contribution in [2.45, 2.75) is 19.1 Å². The summed E-state index contributed by atoms with van der Waals surface area (Å²) < 4.78 is 5.59. The van der Waals surface area contributed by atoms with Gasteiger partial charge in [0.25, 0.3) is 5.22 Å². The minimum absolute atomic E-state index is 0.0236. The highest BCUT2D eigenvalue weighted by molar-refractivity contribution is 7.99. The zero-order valence-electron chi connectivity index (χ0n) is 13.5. The largest absolute Gasteiger partial charge is 0.411 e. The van der Waals surface area contributed by atoms with Gasteiger partial charge in [-0.2, -0.15) is 0 Å². The van der Waals surface area contributed by atoms with Gasteiger partial charge in [-0.1, -0.05) is 53.2 Å². The molecule has 0 fully saturated rings. The number of aryl methyl sites for hydroxylation is 1. The Labute approximate surface area is 159 Å². The number of aromatic nitrogens is 2. The molecule has 0 bridgehead atoms. The Morgan fingerprint density at radius 3 is 2.72 bits per heavy atom. The van der Waals surface area contributed by atoms with Crippen molar-refractivity contribution in [2.75, 3.05) is 5.75 Å². The predicted octanol–water partition coefficient (Wildman–Crippen LogP) is 5.64. The predicted molar refractivity (Wildman–Crippen MR) is 101 cm³/mol. The molecular formula is C18H14Cl2N2O2S. The van der Waals surface area contributed by atoms with Crippen LogP contribution in [0.4, 0.5) is 0 Å². The molecule has 0 saturated carbocycles. The molecule has 0 amide bonds. The van der Waals surface area contributed by atoms with Crippen molar-refractivity contribution in [2.24, 2.45) is 0 Å². The summed E-state index contributed by atoms with van der Waals surface area (Å²) in [7, 11) is 0. The number of halogens is 2. The summed E-state index contributed by atoms with van der Waals surface area (Å²) in [5, 5.41) is 9.23. The van der Waals surface area contributed by atoms with Crippen LogP contribution in [0.1, 0.15) is 21.5 Å². The van der Waals surface area contributed by atoms with Crippen molar-refractivity contribution in [3.63, 3.8) is 0 Å². The van der Waals surface area contributed by atoms with E-state index in [1.54, 1.807) is 18.2 Å². The van der Waals surface area contributed by atoms with Crippen LogP contribution in [-0.4, -0.2) is 21.7 Å². The van der Waals surface area contributed by atoms with Gasteiger partial charge in [0.2, 0.25) is 5.89 Å². The van der Waals surface area contributed by atoms with E-state index in [4.69, 9.17) is 27.6 Å². The third-order valence-electron chi connectivity index (χ3n) is 3.80. The average Bonchev–Trinajstić information content (AvgIpc) is 3.04. The van der Waals surface area contributed by atoms with Crippen LogP contribution in [-0.2, 0) is 0 Å². The first kappa shape index (κ1) is 18.0. The monoisotopic (exact) mass is 392 g/mol. The second-order valence-corrected chi connectivity index (χ2v) is 7.23. The molecule has 0 radical (unpaired) electrons. The zero-order valence-corrected chi connectivity index (χ0v) is 15.9. The summed E-state index contributed by atoms with van der Waals surface area (Å²) in [6, 6.07) is 10.7. The topological polar surface area (TPSA) is 56.0 Å². The fourth-order valence-electron chi connectivity index (χ4n) is 2.30. The van der Waals surface area contributed by atoms with Crippen LogP contribution in [0.3, 0.4) is 0 Å². The number of ketones is 1. The average molecular weight is 393 g/mol. The van der Waals surface area contributed by atoms with Gasteiger partial charge in [0.1, 0.15) is 0 Å². The van der Waals surface area contributed by atoms with Gasteiger partial charge in [-0.3, -0.25) is 4.79 Å². The fraction of sp³-hybridized carbons (Fsp3) is 0.167. The first-order valence-corrected chi connectivity index (χ1v) is 9.21. The molecule has 0 saturated heterocycles. The van der Waals surface area contributed by atoms with Crippen LogP contribution < -0.4 is 0 Å². The number of Topliss-reactive ketones (excluding diaryl/α,β-unsaturated/α-hetero) is 1. The Kier molecular flexibility index (Phi) is 5.47. The Hall–Kier alpha value is -1.82. The highest BCUT2D eigenvalue weighted by atomic mass is 35.5. The molecule has 7 heteroatoms. The maximum absolute atomic E-state index is 12.4. The van der Waals surface area contributed by atoms with Crippen LogP contribution >= 0.6 is 35.0 Å². The zero-order chi connectivity index (χ0) is 18.0. The van der Waals surface area contributed by atoms with Crippen LogP contribution in [0.15, 0.2) is 46.0 Å². The molecule has 0 unspecified atom stereocenters. The highest BCUT2D eigenvalue weighted by Crippen LogP contribution is 2.31. The molecule has 3 rings (SSSR count). The van der Waals surface area contributed by atoms with Crippen molar-refractivity contribution in [3.8, 4) is 11.5 Å². The molecule has 0 spiro atoms. The molecule has 0 aliphatic heterocycles. The molecule has 0 aliphatic rings. The van der Waals surface area contributed by atoms with Gasteiger partial charge in [-0.15, -0.1) is 10.2 Å². The SMILES string of the molecule is Cc1cccc(C(=O)CSc2nnc(-c3ccc(Cl)cc3Cl)o2)c1C. The van der Waals surface area contributed by atoms with Crippen molar-refractivity contribution in [1.82, 2.24) is 10.2 Å². The maximum Gasteiger partial charge on any atom is 0.277 e. The highest BCUT2D eigenvalue weighted by Gasteiger charge is 2.15. The normalized spacial score (nSPS) is 10.9. The van der Waals surface area contributed by atoms with Crippen molar-refractivity contribution >= 4 is 40.7 Å². The van der Waals surface area contributed by atoms with Crippen molar-refractivity contribution < 1.29 is 9.21 Å². The number of hydrogen-bond donors (Lipinski definition) is 0. The van der Waals surface area contributed by atoms with Crippen LogP contribution in [0.2, 0.25) is 10.0 Å². The Bertz CT molecular complexity index is 941. The lowest BCUT2D eigenvalue weighted by Crippen LogP contribution is -2.05. The molecule has 4 nitrogen and oxygen atoms in total. The first-order valence-electron chi connectivity index (χ1n) is 7.47. The number of carbonyl (C=O) groups excluding carboxylic acids is 1. The lowest BCUT2D eigenvalue weighted by atomic mass is 10.0. The molecule has 25 heavy (non-hydrogen) atoms. The van der Waals surface area contributed by atoms with Gasteiger partial charge >= 0.3 is 0 Å². The number of rotatable bonds is 5. The minimum Gasteiger partial charge on any atom is -0.411 e. The summed E-state index contributed by atoms with van der Waals surface area (Å²) >= 11 is 13.2. The smallest absolute Gasteiger partial charge is 0.277 e. The van der Waals surface area contributed by atoms with E-state index >= 15 is 0 Å². The van der Waals surface area contributed by atoms with Crippen molar-refractivity contribution in [3.05, 3.63) is 63.1 Å². The van der Waals surface area contributed by atoms with Gasteiger partial charge in [0, 0.05) is 10.6 Å². The molecule has 2 aromatic carbocycles. The Morgan fingerprint density at radius 2 is 1.96 bits per heavy atom. The quantitative estimate of drug-likeness (QED) is 0.415. The fourth-order valence-corrected chi connectivity index (χ4v) is 3.43. The summed E-state index contributed by atoms with van der Waals surface area (Å²) in [6.45, 7) is 3.93. The molecule has 1 aromatic heterocycles. The van der Waals surface area contributed by atoms with E-state index in [1.807, 2.05) is 32.0 Å². The molecule has 1 heterocycles. The van der Waals surface area contributed by atoms with Gasteiger partial charge < -0.3 is 4.42 Å². The molecular weight excluding hydrogens is 379 g/mol. The lowest BCUT2D eigenvalue weighted by molar-refractivity contribution is 0.102. The van der Waals surface area contributed by atoms with Crippen LogP contribution in [0.25, 0.3) is 11.5 Å². The summed E-state index contributed by atoms with van der Waals surface area (Å²) in [5.74, 6) is 0.541. The van der Waals surface area contributed by atoms with E-state index in [-0.39, 0.29) is 11.5 Å². The standard InChI is InChI=1S/C18H14Cl2N2O2S/c1-10-4-3-5-13(11(10)2)16(23)9-25-18-22-21-17(24-18)14-7-6-12(19)8-15(14)20/h3-8H,9H2,1-2H3. The molecule has 0 aliphatic carbocycles. The van der Waals surface area contributed by atoms with Gasteiger partial charge in [0.15, 0.2) is 5.78 Å². The van der Waals surface area contributed by atoms with Crippen molar-refractivity contribution in [1.29, 1.82) is 0 Å². The molecule has 3 aromatic rings. The number of benzene rings is 2. The number of nitrogens with zero attached hydrogens (tertiary/aromatic N) is 2. The molecule has 128 valence electrons. The first-order chi connectivity index (χ1) is 12.0. The Morgan fingerprint density at radius 1 is 1.16 bits per heavy atom. The molecule has 0 N–H and O–H groups in total. The minimum atomic E-state index is 0.0236. The van der Waals surface area contributed by atoms with Gasteiger partial charge in [-0.05, 0) is 43.2 Å². The number of carbonyl (C=O) groups is 1. The number of hydrogen-bond acceptors (Lipinski definition) is 5. The summed E-state index contributed by atoms with van der Waals surface area (Å²) in [6.07, 6.45) is 0. The van der Waals surface area contributed by atoms with Gasteiger partial charge in [-0.25, -0.2) is 0 Å². The van der Waals surface area contributed by atoms with E-state index in [9.17, 15) is 4.79 Å². The van der Waals surface area contributed by atoms with E-state index < -0.39 is 0 Å². The van der Waals surface area contributed by atoms with E-state index in [2.05, 4.69) is 10.2 Å². The van der Waals surface area contributed by atoms with E-state index in [0.29, 0.717) is 32.3 Å². The maximum atomic E-state index is 12.4. The summed E-state index contributed by atoms with van der Waals surface area (Å²) in [4.78, 5) is 12.4. The second kappa shape index (κ2) is 7.60. The second-order valence-electron chi connectivity index (χ2n) is 5.46. The van der Waals surface area contributed by atoms with Crippen LogP contribution in [0.5, 0.6) is 0 Å². The van der Waals surface area contributed by atoms with Gasteiger partial charge in [0.05, 0.1) is 16.3 Å². The number of thioether (sulfide) groups is 1. The Balaban J connectivity index is 1.71. The lowest BCUT2D eigenvalue weighted by Gasteiger charge is -2.06. The van der Waals surface area contributed by atoms with Crippen LogP contribution in [0, 0.1) is 13.8 Å². The third-order valence-corrected chi connectivity index (χ3v) is 5.17.